The maximum absolute atomic E-state index is 12.8. The Kier molecular flexibility index (Phi) is 4.30. The van der Waals surface area contributed by atoms with E-state index in [1.54, 1.807) is 42.5 Å². The van der Waals surface area contributed by atoms with Crippen molar-refractivity contribution in [3.8, 4) is 16.9 Å². The molecule has 0 saturated heterocycles. The second kappa shape index (κ2) is 6.92. The Morgan fingerprint density at radius 3 is 2.30 bits per heavy atom. The quantitative estimate of drug-likeness (QED) is 0.383. The second-order valence-corrected chi connectivity index (χ2v) is 6.16. The number of hydrogen-bond donors (Lipinski definition) is 0. The number of rotatable bonds is 3. The van der Waals surface area contributed by atoms with Crippen molar-refractivity contribution in [1.82, 2.24) is 0 Å². The maximum atomic E-state index is 12.8. The molecule has 4 aromatic rings. The van der Waals surface area contributed by atoms with Gasteiger partial charge in [-0.1, -0.05) is 60.7 Å². The summed E-state index contributed by atoms with van der Waals surface area (Å²) in [7, 11) is 0. The zero-order chi connectivity index (χ0) is 18.8. The van der Waals surface area contributed by atoms with Crippen LogP contribution in [0.4, 0.5) is 0 Å². The summed E-state index contributed by atoms with van der Waals surface area (Å²) in [6, 6.07) is 23.2. The molecule has 4 rings (SSSR count). The van der Waals surface area contributed by atoms with Crippen molar-refractivity contribution in [3.05, 3.63) is 100 Å². The number of para-hydroxylation sites is 1. The summed E-state index contributed by atoms with van der Waals surface area (Å²) in [5.41, 5.74) is 1.94. The molecule has 0 bridgehead atoms. The highest BCUT2D eigenvalue weighted by Gasteiger charge is 2.21. The molecule has 4 nitrogen and oxygen atoms in total. The number of fused-ring (bicyclic) bond motifs is 1. The monoisotopic (exact) mass is 356 g/mol. The van der Waals surface area contributed by atoms with E-state index in [2.05, 4.69) is 0 Å². The molecule has 0 spiro atoms. The smallest absolute Gasteiger partial charge is 0.348 e. The number of aryl methyl sites for hydroxylation is 1. The van der Waals surface area contributed by atoms with E-state index in [0.29, 0.717) is 22.1 Å². The minimum Gasteiger partial charge on any atom is -0.422 e. The average Bonchev–Trinajstić information content (AvgIpc) is 2.69. The molecule has 0 N–H and O–H groups in total. The molecule has 0 aliphatic carbocycles. The van der Waals surface area contributed by atoms with Gasteiger partial charge in [-0.3, -0.25) is 0 Å². The van der Waals surface area contributed by atoms with Crippen molar-refractivity contribution >= 4 is 16.9 Å². The van der Waals surface area contributed by atoms with Crippen LogP contribution in [0.3, 0.4) is 0 Å². The Labute approximate surface area is 155 Å². The normalized spacial score (nSPS) is 10.7. The van der Waals surface area contributed by atoms with Crippen LogP contribution < -0.4 is 10.4 Å². The molecule has 3 aromatic carbocycles. The third-order valence-corrected chi connectivity index (χ3v) is 4.39. The summed E-state index contributed by atoms with van der Waals surface area (Å²) in [4.78, 5) is 25.5. The lowest BCUT2D eigenvalue weighted by Gasteiger charge is -2.13. The third kappa shape index (κ3) is 3.13. The largest absolute Gasteiger partial charge is 0.422 e. The van der Waals surface area contributed by atoms with Gasteiger partial charge >= 0.3 is 11.6 Å². The van der Waals surface area contributed by atoms with E-state index < -0.39 is 11.6 Å². The lowest BCUT2D eigenvalue weighted by Crippen LogP contribution is -2.14. The SMILES string of the molecule is Cc1ccccc1C(=O)Oc1c(-c2ccccc2)c(=O)oc2ccccc12. The molecular formula is C23H16O4. The van der Waals surface area contributed by atoms with E-state index >= 15 is 0 Å². The molecule has 0 aliphatic heterocycles. The van der Waals surface area contributed by atoms with E-state index in [0.717, 1.165) is 5.56 Å². The Morgan fingerprint density at radius 2 is 1.52 bits per heavy atom. The van der Waals surface area contributed by atoms with Gasteiger partial charge < -0.3 is 9.15 Å². The summed E-state index contributed by atoms with van der Waals surface area (Å²) in [5.74, 6) is -0.303. The number of hydrogen-bond acceptors (Lipinski definition) is 4. The summed E-state index contributed by atoms with van der Waals surface area (Å²) < 4.78 is 11.2. The van der Waals surface area contributed by atoms with Gasteiger partial charge in [0.2, 0.25) is 0 Å². The topological polar surface area (TPSA) is 56.5 Å². The number of carbonyl (C=O) groups excluding carboxylic acids is 1. The van der Waals surface area contributed by atoms with E-state index in [4.69, 9.17) is 9.15 Å². The van der Waals surface area contributed by atoms with Crippen LogP contribution in [0.1, 0.15) is 15.9 Å². The van der Waals surface area contributed by atoms with Crippen molar-refractivity contribution in [3.63, 3.8) is 0 Å². The lowest BCUT2D eigenvalue weighted by molar-refractivity contribution is 0.0736. The zero-order valence-electron chi connectivity index (χ0n) is 14.6. The van der Waals surface area contributed by atoms with Gasteiger partial charge in [0.05, 0.1) is 10.9 Å². The highest BCUT2D eigenvalue weighted by atomic mass is 16.5. The first-order valence-electron chi connectivity index (χ1n) is 8.54. The summed E-state index contributed by atoms with van der Waals surface area (Å²) >= 11 is 0. The molecule has 0 saturated carbocycles. The van der Waals surface area contributed by atoms with Crippen molar-refractivity contribution in [2.75, 3.05) is 0 Å². The third-order valence-electron chi connectivity index (χ3n) is 4.39. The van der Waals surface area contributed by atoms with Crippen LogP contribution in [0.2, 0.25) is 0 Å². The lowest BCUT2D eigenvalue weighted by atomic mass is 10.0. The van der Waals surface area contributed by atoms with Gasteiger partial charge in [-0.2, -0.15) is 0 Å². The number of ether oxygens (including phenoxy) is 1. The average molecular weight is 356 g/mol. The minimum atomic E-state index is -0.549. The van der Waals surface area contributed by atoms with Gasteiger partial charge in [-0.15, -0.1) is 0 Å². The van der Waals surface area contributed by atoms with Crippen LogP contribution in [-0.2, 0) is 0 Å². The van der Waals surface area contributed by atoms with Crippen LogP contribution in [0.5, 0.6) is 5.75 Å². The van der Waals surface area contributed by atoms with Crippen molar-refractivity contribution in [1.29, 1.82) is 0 Å². The van der Waals surface area contributed by atoms with E-state index in [-0.39, 0.29) is 11.3 Å². The highest BCUT2D eigenvalue weighted by molar-refractivity contribution is 5.98. The molecule has 1 heterocycles. The Hall–Kier alpha value is -3.66. The van der Waals surface area contributed by atoms with Crippen molar-refractivity contribution < 1.29 is 13.9 Å². The fraction of sp³-hybridized carbons (Fsp3) is 0.0435. The van der Waals surface area contributed by atoms with Gasteiger partial charge in [-0.25, -0.2) is 9.59 Å². The minimum absolute atomic E-state index is 0.210. The van der Waals surface area contributed by atoms with Crippen molar-refractivity contribution in [2.45, 2.75) is 6.92 Å². The predicted octanol–water partition coefficient (Wildman–Crippen LogP) is 4.99. The first kappa shape index (κ1) is 16.8. The van der Waals surface area contributed by atoms with E-state index in [1.807, 2.05) is 43.3 Å². The number of carbonyl (C=O) groups is 1. The fourth-order valence-electron chi connectivity index (χ4n) is 3.03. The van der Waals surface area contributed by atoms with Gasteiger partial charge in [0.25, 0.3) is 0 Å². The highest BCUT2D eigenvalue weighted by Crippen LogP contribution is 2.34. The standard InChI is InChI=1S/C23H16O4/c1-15-9-5-6-12-17(15)22(24)27-21-18-13-7-8-14-19(18)26-23(25)20(21)16-10-3-2-4-11-16/h2-14H,1H3. The second-order valence-electron chi connectivity index (χ2n) is 6.16. The Morgan fingerprint density at radius 1 is 0.852 bits per heavy atom. The number of esters is 1. The fourth-order valence-corrected chi connectivity index (χ4v) is 3.03. The molecule has 1 aromatic heterocycles. The van der Waals surface area contributed by atoms with Gasteiger partial charge in [0, 0.05) is 0 Å². The molecule has 4 heteroatoms. The van der Waals surface area contributed by atoms with Crippen molar-refractivity contribution in [2.24, 2.45) is 0 Å². The predicted molar refractivity (Wildman–Crippen MR) is 104 cm³/mol. The molecule has 0 fully saturated rings. The van der Waals surface area contributed by atoms with Gasteiger partial charge in [0.15, 0.2) is 5.75 Å². The number of benzene rings is 3. The van der Waals surface area contributed by atoms with Gasteiger partial charge in [0.1, 0.15) is 11.1 Å². The van der Waals surface area contributed by atoms with Crippen LogP contribution in [0.25, 0.3) is 22.1 Å². The molecule has 0 amide bonds. The Bertz CT molecular complexity index is 1190. The van der Waals surface area contributed by atoms with Crippen LogP contribution >= 0.6 is 0 Å². The Balaban J connectivity index is 1.94. The molecule has 0 atom stereocenters. The van der Waals surface area contributed by atoms with Crippen LogP contribution in [-0.4, -0.2) is 5.97 Å². The summed E-state index contributed by atoms with van der Waals surface area (Å²) in [6.45, 7) is 1.84. The molecule has 0 radical (unpaired) electrons. The molecule has 0 aliphatic rings. The first-order chi connectivity index (χ1) is 13.1. The maximum Gasteiger partial charge on any atom is 0.348 e. The van der Waals surface area contributed by atoms with E-state index in [1.165, 1.54) is 0 Å². The molecular weight excluding hydrogens is 340 g/mol. The molecule has 132 valence electrons. The first-order valence-corrected chi connectivity index (χ1v) is 8.54. The van der Waals surface area contributed by atoms with Gasteiger partial charge in [-0.05, 0) is 36.2 Å². The zero-order valence-corrected chi connectivity index (χ0v) is 14.6. The van der Waals surface area contributed by atoms with Crippen LogP contribution in [0, 0.1) is 6.92 Å². The summed E-state index contributed by atoms with van der Waals surface area (Å²) in [5, 5.41) is 0.567. The summed E-state index contributed by atoms with van der Waals surface area (Å²) in [6.07, 6.45) is 0. The van der Waals surface area contributed by atoms with E-state index in [9.17, 15) is 9.59 Å². The molecule has 27 heavy (non-hydrogen) atoms. The molecule has 0 unspecified atom stereocenters. The van der Waals surface area contributed by atoms with Crippen LogP contribution in [0.15, 0.2) is 88.1 Å².